The Hall–Kier alpha value is -3.26. The van der Waals surface area contributed by atoms with E-state index in [0.717, 1.165) is 22.6 Å². The van der Waals surface area contributed by atoms with Gasteiger partial charge in [-0.25, -0.2) is 4.39 Å². The number of rotatable bonds is 6. The molecule has 5 heteroatoms. The maximum Gasteiger partial charge on any atom is 0.422 e. The lowest BCUT2D eigenvalue weighted by Gasteiger charge is -2.25. The van der Waals surface area contributed by atoms with Gasteiger partial charge in [0.15, 0.2) is 18.2 Å². The summed E-state index contributed by atoms with van der Waals surface area (Å²) in [6.45, 7) is 0.543. The van der Waals surface area contributed by atoms with Crippen LogP contribution in [0.1, 0.15) is 51.0 Å². The SMILES string of the molecule is C/C=C/CCC1CCC(C#Cc2ccc(-c3ccc4c(F)c(OCC(F)(F)F)ccc4c3)cc2)CC1. The molecule has 0 amide bonds. The molecule has 4 rings (SSSR count). The van der Waals surface area contributed by atoms with E-state index >= 15 is 0 Å². The Bertz CT molecular complexity index is 1250. The molecule has 1 saturated carbocycles. The Labute approximate surface area is 210 Å². The van der Waals surface area contributed by atoms with Crippen molar-refractivity contribution >= 4 is 10.8 Å². The lowest BCUT2D eigenvalue weighted by Crippen LogP contribution is -2.19. The zero-order valence-corrected chi connectivity index (χ0v) is 20.4. The molecular formula is C31H30F4O. The molecule has 0 N–H and O–H groups in total. The van der Waals surface area contributed by atoms with Gasteiger partial charge < -0.3 is 4.74 Å². The van der Waals surface area contributed by atoms with Crippen LogP contribution in [0.5, 0.6) is 5.75 Å². The van der Waals surface area contributed by atoms with E-state index in [9.17, 15) is 17.6 Å². The second kappa shape index (κ2) is 11.6. The van der Waals surface area contributed by atoms with E-state index in [0.29, 0.717) is 11.3 Å². The highest BCUT2D eigenvalue weighted by Crippen LogP contribution is 2.33. The highest BCUT2D eigenvalue weighted by molar-refractivity contribution is 5.89. The largest absolute Gasteiger partial charge is 0.481 e. The molecule has 0 spiro atoms. The average Bonchev–Trinajstić information content (AvgIpc) is 2.87. The molecule has 36 heavy (non-hydrogen) atoms. The fourth-order valence-corrected chi connectivity index (χ4v) is 4.75. The molecule has 0 unspecified atom stereocenters. The van der Waals surface area contributed by atoms with Crippen molar-refractivity contribution in [1.82, 2.24) is 0 Å². The van der Waals surface area contributed by atoms with Gasteiger partial charge in [-0.2, -0.15) is 13.2 Å². The van der Waals surface area contributed by atoms with Gasteiger partial charge in [-0.3, -0.25) is 0 Å². The summed E-state index contributed by atoms with van der Waals surface area (Å²) >= 11 is 0. The van der Waals surface area contributed by atoms with Gasteiger partial charge in [0.05, 0.1) is 0 Å². The van der Waals surface area contributed by atoms with Gasteiger partial charge in [-0.15, -0.1) is 0 Å². The molecular weight excluding hydrogens is 464 g/mol. The third kappa shape index (κ3) is 6.91. The molecule has 0 aliphatic heterocycles. The van der Waals surface area contributed by atoms with Crippen molar-refractivity contribution in [2.45, 2.75) is 51.6 Å². The van der Waals surface area contributed by atoms with Crippen molar-refractivity contribution in [3.8, 4) is 28.7 Å². The molecule has 1 nitrogen and oxygen atoms in total. The fourth-order valence-electron chi connectivity index (χ4n) is 4.75. The van der Waals surface area contributed by atoms with E-state index in [-0.39, 0.29) is 5.39 Å². The second-order valence-electron chi connectivity index (χ2n) is 9.43. The van der Waals surface area contributed by atoms with Crippen molar-refractivity contribution in [3.05, 3.63) is 78.1 Å². The lowest BCUT2D eigenvalue weighted by atomic mass is 9.80. The normalized spacial score (nSPS) is 18.2. The Morgan fingerprint density at radius 2 is 1.67 bits per heavy atom. The van der Waals surface area contributed by atoms with E-state index in [1.807, 2.05) is 30.3 Å². The minimum atomic E-state index is -4.52. The predicted octanol–water partition coefficient (Wildman–Crippen LogP) is 9.10. The summed E-state index contributed by atoms with van der Waals surface area (Å²) < 4.78 is 56.5. The van der Waals surface area contributed by atoms with Gasteiger partial charge >= 0.3 is 6.18 Å². The van der Waals surface area contributed by atoms with Crippen molar-refractivity contribution in [1.29, 1.82) is 0 Å². The first-order valence-corrected chi connectivity index (χ1v) is 12.5. The molecule has 0 radical (unpaired) electrons. The Balaban J connectivity index is 1.39. The van der Waals surface area contributed by atoms with Crippen LogP contribution in [0.15, 0.2) is 66.7 Å². The number of benzene rings is 3. The molecule has 0 heterocycles. The van der Waals surface area contributed by atoms with Gasteiger partial charge in [0.25, 0.3) is 0 Å². The Morgan fingerprint density at radius 3 is 2.36 bits per heavy atom. The molecule has 188 valence electrons. The molecule has 1 fully saturated rings. The van der Waals surface area contributed by atoms with E-state index in [2.05, 4.69) is 35.7 Å². The topological polar surface area (TPSA) is 9.23 Å². The standard InChI is InChI=1S/C31H30F4O/c1-2-3-4-5-22-6-8-23(9-7-22)10-11-24-12-14-25(15-13-24)26-16-18-28-27(20-26)17-19-29(30(28)32)36-21-31(33,34)35/h2-3,12-20,22-23H,4-9,21H2,1H3/b3-2+. The Kier molecular flexibility index (Phi) is 8.36. The van der Waals surface area contributed by atoms with Crippen molar-refractivity contribution in [2.75, 3.05) is 6.61 Å². The first-order valence-electron chi connectivity index (χ1n) is 12.5. The van der Waals surface area contributed by atoms with Crippen LogP contribution in [0, 0.1) is 29.5 Å². The number of hydrogen-bond acceptors (Lipinski definition) is 1. The first kappa shape index (κ1) is 25.8. The first-order chi connectivity index (χ1) is 17.3. The van der Waals surface area contributed by atoms with E-state index < -0.39 is 24.3 Å². The highest BCUT2D eigenvalue weighted by atomic mass is 19.4. The number of alkyl halides is 3. The summed E-state index contributed by atoms with van der Waals surface area (Å²) in [5.74, 6) is 6.87. The monoisotopic (exact) mass is 494 g/mol. The highest BCUT2D eigenvalue weighted by Gasteiger charge is 2.29. The molecule has 0 atom stereocenters. The average molecular weight is 495 g/mol. The van der Waals surface area contributed by atoms with Gasteiger partial charge in [0.1, 0.15) is 0 Å². The van der Waals surface area contributed by atoms with Crippen LogP contribution >= 0.6 is 0 Å². The minimum absolute atomic E-state index is 0.220. The molecule has 1 aliphatic rings. The lowest BCUT2D eigenvalue weighted by molar-refractivity contribution is -0.153. The summed E-state index contributed by atoms with van der Waals surface area (Å²) in [6, 6.07) is 15.9. The van der Waals surface area contributed by atoms with Gasteiger partial charge in [0, 0.05) is 16.9 Å². The summed E-state index contributed by atoms with van der Waals surface area (Å²) in [6.07, 6.45) is 7.16. The molecule has 0 saturated heterocycles. The predicted molar refractivity (Wildman–Crippen MR) is 137 cm³/mol. The zero-order chi connectivity index (χ0) is 25.5. The maximum atomic E-state index is 14.7. The van der Waals surface area contributed by atoms with Gasteiger partial charge in [-0.1, -0.05) is 54.3 Å². The molecule has 3 aromatic carbocycles. The fraction of sp³-hybridized carbons (Fsp3) is 0.355. The number of allylic oxidation sites excluding steroid dienone is 2. The summed E-state index contributed by atoms with van der Waals surface area (Å²) in [4.78, 5) is 0. The van der Waals surface area contributed by atoms with Crippen LogP contribution in [-0.2, 0) is 0 Å². The minimum Gasteiger partial charge on any atom is -0.481 e. The molecule has 1 aliphatic carbocycles. The van der Waals surface area contributed by atoms with Crippen LogP contribution in [0.4, 0.5) is 17.6 Å². The van der Waals surface area contributed by atoms with Gasteiger partial charge in [0.2, 0.25) is 0 Å². The number of halogens is 4. The van der Waals surface area contributed by atoms with Crippen molar-refractivity contribution in [3.63, 3.8) is 0 Å². The van der Waals surface area contributed by atoms with E-state index in [1.165, 1.54) is 44.6 Å². The van der Waals surface area contributed by atoms with Crippen LogP contribution in [0.25, 0.3) is 21.9 Å². The van der Waals surface area contributed by atoms with Crippen LogP contribution < -0.4 is 4.74 Å². The van der Waals surface area contributed by atoms with Gasteiger partial charge in [-0.05, 0) is 92.1 Å². The smallest absolute Gasteiger partial charge is 0.422 e. The second-order valence-corrected chi connectivity index (χ2v) is 9.43. The number of hydrogen-bond donors (Lipinski definition) is 0. The maximum absolute atomic E-state index is 14.7. The van der Waals surface area contributed by atoms with Crippen molar-refractivity contribution in [2.24, 2.45) is 11.8 Å². The number of fused-ring (bicyclic) bond motifs is 1. The zero-order valence-electron chi connectivity index (χ0n) is 20.4. The van der Waals surface area contributed by atoms with Crippen LogP contribution in [0.3, 0.4) is 0 Å². The summed E-state index contributed by atoms with van der Waals surface area (Å²) in [5.41, 5.74) is 2.82. The van der Waals surface area contributed by atoms with E-state index in [1.54, 1.807) is 18.2 Å². The van der Waals surface area contributed by atoms with Crippen molar-refractivity contribution < 1.29 is 22.3 Å². The Morgan fingerprint density at radius 1 is 0.944 bits per heavy atom. The summed E-state index contributed by atoms with van der Waals surface area (Å²) in [5, 5.41) is 0.812. The van der Waals surface area contributed by atoms with E-state index in [4.69, 9.17) is 0 Å². The van der Waals surface area contributed by atoms with Crippen LogP contribution in [-0.4, -0.2) is 12.8 Å². The molecule has 0 bridgehead atoms. The molecule has 3 aromatic rings. The summed E-state index contributed by atoms with van der Waals surface area (Å²) in [7, 11) is 0. The molecule has 0 aromatic heterocycles. The van der Waals surface area contributed by atoms with Crippen LogP contribution in [0.2, 0.25) is 0 Å². The quantitative estimate of drug-likeness (QED) is 0.189. The number of ether oxygens (including phenoxy) is 1. The third-order valence-corrected chi connectivity index (χ3v) is 6.77. The third-order valence-electron chi connectivity index (χ3n) is 6.77.